The lowest BCUT2D eigenvalue weighted by atomic mass is 10.0. The van der Waals surface area contributed by atoms with Crippen LogP contribution in [0.15, 0.2) is 6.07 Å². The molecule has 1 N–H and O–H groups in total. The highest BCUT2D eigenvalue weighted by atomic mass is 15.3. The van der Waals surface area contributed by atoms with E-state index in [0.717, 1.165) is 37.2 Å². The molecule has 0 aromatic carbocycles. The molecule has 1 aromatic heterocycles. The summed E-state index contributed by atoms with van der Waals surface area (Å²) in [5.74, 6) is 0.940. The van der Waals surface area contributed by atoms with E-state index in [0.29, 0.717) is 0 Å². The molecule has 1 unspecified atom stereocenters. The van der Waals surface area contributed by atoms with E-state index >= 15 is 0 Å². The van der Waals surface area contributed by atoms with Crippen molar-refractivity contribution in [2.75, 3.05) is 6.54 Å². The highest BCUT2D eigenvalue weighted by molar-refractivity contribution is 5.09. The molecule has 2 rings (SSSR count). The molecule has 1 aliphatic carbocycles. The van der Waals surface area contributed by atoms with Gasteiger partial charge in [-0.2, -0.15) is 5.10 Å². The number of nitrogens with zero attached hydrogens (tertiary/aromatic N) is 2. The molecule has 0 spiro atoms. The Morgan fingerprint density at radius 1 is 1.44 bits per heavy atom. The van der Waals surface area contributed by atoms with Gasteiger partial charge in [-0.3, -0.25) is 4.68 Å². The minimum Gasteiger partial charge on any atom is -0.314 e. The van der Waals surface area contributed by atoms with Gasteiger partial charge in [0.05, 0.1) is 5.69 Å². The molecule has 102 valence electrons. The standard InChI is InChI=1S/C15H27N3/c1-4-10-16-15(13-6-7-13)9-8-14-11-12(3)17-18(14)5-2/h11,13,15-16H,4-10H2,1-3H3. The molecule has 1 aliphatic rings. The van der Waals surface area contributed by atoms with Crippen LogP contribution in [0, 0.1) is 12.8 Å². The predicted octanol–water partition coefficient (Wildman–Crippen LogP) is 2.92. The summed E-state index contributed by atoms with van der Waals surface area (Å²) < 4.78 is 2.15. The van der Waals surface area contributed by atoms with Gasteiger partial charge in [0.1, 0.15) is 0 Å². The van der Waals surface area contributed by atoms with Crippen molar-refractivity contribution < 1.29 is 0 Å². The Morgan fingerprint density at radius 3 is 2.83 bits per heavy atom. The highest BCUT2D eigenvalue weighted by Crippen LogP contribution is 2.34. The maximum Gasteiger partial charge on any atom is 0.0596 e. The van der Waals surface area contributed by atoms with Crippen LogP contribution in [0.2, 0.25) is 0 Å². The zero-order valence-electron chi connectivity index (χ0n) is 12.1. The molecule has 1 fully saturated rings. The summed E-state index contributed by atoms with van der Waals surface area (Å²) in [6.07, 6.45) is 6.50. The fourth-order valence-electron chi connectivity index (χ4n) is 2.71. The quantitative estimate of drug-likeness (QED) is 0.767. The summed E-state index contributed by atoms with van der Waals surface area (Å²) in [5.41, 5.74) is 2.55. The lowest BCUT2D eigenvalue weighted by Gasteiger charge is -2.18. The largest absolute Gasteiger partial charge is 0.314 e. The predicted molar refractivity (Wildman–Crippen MR) is 75.8 cm³/mol. The molecule has 3 nitrogen and oxygen atoms in total. The van der Waals surface area contributed by atoms with Crippen LogP contribution in [0.4, 0.5) is 0 Å². The SMILES string of the molecule is CCCNC(CCc1cc(C)nn1CC)C1CC1. The normalized spacial score (nSPS) is 17.1. The Kier molecular flexibility index (Phi) is 4.81. The first-order chi connectivity index (χ1) is 8.74. The average Bonchev–Trinajstić information content (AvgIpc) is 3.13. The fourth-order valence-corrected chi connectivity index (χ4v) is 2.71. The molecule has 0 amide bonds. The third-order valence-corrected chi connectivity index (χ3v) is 3.84. The van der Waals surface area contributed by atoms with E-state index < -0.39 is 0 Å². The molecule has 0 saturated heterocycles. The Bertz CT molecular complexity index is 366. The Balaban J connectivity index is 1.87. The van der Waals surface area contributed by atoms with Crippen LogP contribution in [0.25, 0.3) is 0 Å². The molecular formula is C15H27N3. The Morgan fingerprint density at radius 2 is 2.22 bits per heavy atom. The van der Waals surface area contributed by atoms with Crippen LogP contribution in [0.1, 0.15) is 50.9 Å². The molecule has 1 aromatic rings. The van der Waals surface area contributed by atoms with Gasteiger partial charge in [0.2, 0.25) is 0 Å². The van der Waals surface area contributed by atoms with Gasteiger partial charge < -0.3 is 5.32 Å². The number of aryl methyl sites for hydroxylation is 3. The highest BCUT2D eigenvalue weighted by Gasteiger charge is 2.30. The van der Waals surface area contributed by atoms with Gasteiger partial charge >= 0.3 is 0 Å². The van der Waals surface area contributed by atoms with Gasteiger partial charge in [0.25, 0.3) is 0 Å². The molecule has 1 saturated carbocycles. The van der Waals surface area contributed by atoms with Crippen LogP contribution in [-0.2, 0) is 13.0 Å². The maximum atomic E-state index is 4.53. The second-order valence-corrected chi connectivity index (χ2v) is 5.53. The summed E-state index contributed by atoms with van der Waals surface area (Å²) in [6, 6.07) is 2.97. The first-order valence-electron chi connectivity index (χ1n) is 7.51. The van der Waals surface area contributed by atoms with Crippen LogP contribution in [0.3, 0.4) is 0 Å². The molecule has 18 heavy (non-hydrogen) atoms. The maximum absolute atomic E-state index is 4.53. The minimum atomic E-state index is 0.727. The van der Waals surface area contributed by atoms with Crippen molar-refractivity contribution in [2.24, 2.45) is 5.92 Å². The number of hydrogen-bond donors (Lipinski definition) is 1. The van der Waals surface area contributed by atoms with E-state index in [2.05, 4.69) is 41.9 Å². The smallest absolute Gasteiger partial charge is 0.0596 e. The monoisotopic (exact) mass is 249 g/mol. The van der Waals surface area contributed by atoms with Crippen molar-refractivity contribution in [2.45, 2.75) is 65.5 Å². The second kappa shape index (κ2) is 6.37. The number of aromatic nitrogens is 2. The van der Waals surface area contributed by atoms with Crippen molar-refractivity contribution in [1.29, 1.82) is 0 Å². The molecule has 1 heterocycles. The van der Waals surface area contributed by atoms with Crippen LogP contribution < -0.4 is 5.32 Å². The van der Waals surface area contributed by atoms with Gasteiger partial charge in [-0.1, -0.05) is 6.92 Å². The average molecular weight is 249 g/mol. The van der Waals surface area contributed by atoms with Crippen LogP contribution in [0.5, 0.6) is 0 Å². The van der Waals surface area contributed by atoms with E-state index in [1.807, 2.05) is 0 Å². The van der Waals surface area contributed by atoms with Gasteiger partial charge in [0, 0.05) is 18.3 Å². The van der Waals surface area contributed by atoms with Crippen molar-refractivity contribution in [1.82, 2.24) is 15.1 Å². The third-order valence-electron chi connectivity index (χ3n) is 3.84. The minimum absolute atomic E-state index is 0.727. The summed E-state index contributed by atoms with van der Waals surface area (Å²) in [7, 11) is 0. The summed E-state index contributed by atoms with van der Waals surface area (Å²) >= 11 is 0. The molecule has 3 heteroatoms. The molecule has 1 atom stereocenters. The third kappa shape index (κ3) is 3.58. The van der Waals surface area contributed by atoms with Crippen LogP contribution >= 0.6 is 0 Å². The molecular weight excluding hydrogens is 222 g/mol. The Hall–Kier alpha value is -0.830. The van der Waals surface area contributed by atoms with Crippen molar-refractivity contribution in [3.8, 4) is 0 Å². The molecule has 0 aliphatic heterocycles. The van der Waals surface area contributed by atoms with Crippen LogP contribution in [-0.4, -0.2) is 22.4 Å². The van der Waals surface area contributed by atoms with E-state index in [-0.39, 0.29) is 0 Å². The summed E-state index contributed by atoms with van der Waals surface area (Å²) in [6.45, 7) is 8.65. The molecule has 0 bridgehead atoms. The lowest BCUT2D eigenvalue weighted by molar-refractivity contribution is 0.429. The van der Waals surface area contributed by atoms with Crippen molar-refractivity contribution in [3.05, 3.63) is 17.5 Å². The summed E-state index contributed by atoms with van der Waals surface area (Å²) in [5, 5.41) is 8.24. The summed E-state index contributed by atoms with van der Waals surface area (Å²) in [4.78, 5) is 0. The number of hydrogen-bond acceptors (Lipinski definition) is 2. The number of nitrogens with one attached hydrogen (secondary N) is 1. The first-order valence-corrected chi connectivity index (χ1v) is 7.51. The zero-order chi connectivity index (χ0) is 13.0. The van der Waals surface area contributed by atoms with Gasteiger partial charge in [-0.25, -0.2) is 0 Å². The van der Waals surface area contributed by atoms with E-state index in [9.17, 15) is 0 Å². The van der Waals surface area contributed by atoms with E-state index in [4.69, 9.17) is 0 Å². The fraction of sp³-hybridized carbons (Fsp3) is 0.800. The zero-order valence-corrected chi connectivity index (χ0v) is 12.1. The van der Waals surface area contributed by atoms with Crippen molar-refractivity contribution >= 4 is 0 Å². The topological polar surface area (TPSA) is 29.9 Å². The van der Waals surface area contributed by atoms with Gasteiger partial charge in [-0.05, 0) is 64.5 Å². The lowest BCUT2D eigenvalue weighted by Crippen LogP contribution is -2.32. The Labute approximate surface area is 111 Å². The second-order valence-electron chi connectivity index (χ2n) is 5.53. The van der Waals surface area contributed by atoms with Crippen molar-refractivity contribution in [3.63, 3.8) is 0 Å². The van der Waals surface area contributed by atoms with Gasteiger partial charge in [0.15, 0.2) is 0 Å². The molecule has 0 radical (unpaired) electrons. The van der Waals surface area contributed by atoms with Gasteiger partial charge in [-0.15, -0.1) is 0 Å². The van der Waals surface area contributed by atoms with E-state index in [1.165, 1.54) is 31.4 Å². The number of rotatable bonds is 8. The van der Waals surface area contributed by atoms with E-state index in [1.54, 1.807) is 0 Å². The first kappa shape index (κ1) is 13.6.